The SMILES string of the molecule is CCCCC/C=C\C/C=C\CCCCCCCC(=O)OCC(CO)OC(=O)CCCCCCCCCCCCCCCCCCCCCCCCCCCC/C=C\C/C=C\C/C=C\CCCCCCC. The van der Waals surface area contributed by atoms with Crippen LogP contribution in [-0.4, -0.2) is 36.4 Å². The van der Waals surface area contributed by atoms with Gasteiger partial charge in [-0.05, 0) is 83.5 Å². The van der Waals surface area contributed by atoms with Gasteiger partial charge >= 0.3 is 11.9 Å². The Morgan fingerprint density at radius 1 is 0.329 bits per heavy atom. The number of aliphatic hydroxyl groups is 1. The lowest BCUT2D eigenvalue weighted by Gasteiger charge is -2.15. The molecule has 0 bridgehead atoms. The summed E-state index contributed by atoms with van der Waals surface area (Å²) < 4.78 is 10.7. The molecule has 0 aliphatic heterocycles. The zero-order chi connectivity index (χ0) is 50.6. The van der Waals surface area contributed by atoms with Crippen LogP contribution in [0.1, 0.15) is 322 Å². The van der Waals surface area contributed by atoms with Gasteiger partial charge in [-0.1, -0.05) is 286 Å². The molecule has 0 aromatic carbocycles. The number of unbranched alkanes of at least 4 members (excludes halogenated alkanes) is 39. The van der Waals surface area contributed by atoms with Gasteiger partial charge in [0.05, 0.1) is 6.61 Å². The molecule has 0 aliphatic rings. The summed E-state index contributed by atoms with van der Waals surface area (Å²) >= 11 is 0. The van der Waals surface area contributed by atoms with E-state index < -0.39 is 6.10 Å². The van der Waals surface area contributed by atoms with Crippen molar-refractivity contribution in [1.82, 2.24) is 0 Å². The van der Waals surface area contributed by atoms with Crippen molar-refractivity contribution in [3.05, 3.63) is 60.8 Å². The van der Waals surface area contributed by atoms with E-state index in [1.54, 1.807) is 0 Å². The summed E-state index contributed by atoms with van der Waals surface area (Å²) in [5.41, 5.74) is 0. The number of esters is 2. The first kappa shape index (κ1) is 67.6. The van der Waals surface area contributed by atoms with Gasteiger partial charge < -0.3 is 14.6 Å². The molecule has 0 spiro atoms. The molecule has 0 saturated carbocycles. The average molecular weight is 980 g/mol. The summed E-state index contributed by atoms with van der Waals surface area (Å²) in [7, 11) is 0. The number of hydrogen-bond donors (Lipinski definition) is 1. The quantitative estimate of drug-likeness (QED) is 0.0373. The summed E-state index contributed by atoms with van der Waals surface area (Å²) in [6.07, 6.45) is 82.4. The van der Waals surface area contributed by atoms with Crippen LogP contribution >= 0.6 is 0 Å². The van der Waals surface area contributed by atoms with E-state index in [1.165, 1.54) is 231 Å². The van der Waals surface area contributed by atoms with Gasteiger partial charge in [-0.15, -0.1) is 0 Å². The highest BCUT2D eigenvalue weighted by Gasteiger charge is 2.16. The normalized spacial score (nSPS) is 12.6. The van der Waals surface area contributed by atoms with E-state index >= 15 is 0 Å². The van der Waals surface area contributed by atoms with Crippen LogP contribution in [0.4, 0.5) is 0 Å². The Labute approximate surface area is 436 Å². The first-order valence-electron chi connectivity index (χ1n) is 30.8. The fourth-order valence-corrected chi connectivity index (χ4v) is 9.13. The van der Waals surface area contributed by atoms with Gasteiger partial charge in [-0.2, -0.15) is 0 Å². The van der Waals surface area contributed by atoms with Crippen molar-refractivity contribution >= 4 is 11.9 Å². The van der Waals surface area contributed by atoms with E-state index in [-0.39, 0.29) is 25.2 Å². The molecule has 1 unspecified atom stereocenters. The Kier molecular flexibility index (Phi) is 58.8. The van der Waals surface area contributed by atoms with Crippen molar-refractivity contribution < 1.29 is 24.2 Å². The average Bonchev–Trinajstić information content (AvgIpc) is 3.36. The number of hydrogen-bond acceptors (Lipinski definition) is 5. The Morgan fingerprint density at radius 3 is 0.886 bits per heavy atom. The Morgan fingerprint density at radius 2 is 0.571 bits per heavy atom. The minimum atomic E-state index is -0.777. The molecule has 0 aromatic rings. The molecular weight excluding hydrogens is 861 g/mol. The maximum absolute atomic E-state index is 12.3. The monoisotopic (exact) mass is 979 g/mol. The van der Waals surface area contributed by atoms with Crippen LogP contribution in [0.3, 0.4) is 0 Å². The lowest BCUT2D eigenvalue weighted by Crippen LogP contribution is -2.28. The third kappa shape index (κ3) is 58.2. The van der Waals surface area contributed by atoms with E-state index in [0.717, 1.165) is 64.2 Å². The molecule has 0 fully saturated rings. The van der Waals surface area contributed by atoms with Gasteiger partial charge in [0.15, 0.2) is 6.10 Å². The Bertz CT molecular complexity index is 1200. The smallest absolute Gasteiger partial charge is 0.306 e. The van der Waals surface area contributed by atoms with Gasteiger partial charge in [-0.3, -0.25) is 9.59 Å². The second-order valence-electron chi connectivity index (χ2n) is 20.8. The number of ether oxygens (including phenoxy) is 2. The van der Waals surface area contributed by atoms with E-state index in [2.05, 4.69) is 74.6 Å². The molecule has 5 nitrogen and oxygen atoms in total. The lowest BCUT2D eigenvalue weighted by molar-refractivity contribution is -0.161. The molecular formula is C65H118O5. The van der Waals surface area contributed by atoms with Crippen LogP contribution in [0, 0.1) is 0 Å². The topological polar surface area (TPSA) is 72.8 Å². The predicted octanol–water partition coefficient (Wildman–Crippen LogP) is 21.0. The van der Waals surface area contributed by atoms with E-state index in [1.807, 2.05) is 0 Å². The van der Waals surface area contributed by atoms with Crippen LogP contribution in [-0.2, 0) is 19.1 Å². The standard InChI is InChI=1S/C65H118O5/c1-3-5-7-9-11-13-15-17-19-20-21-22-23-24-25-26-27-28-29-30-31-32-33-34-35-36-37-38-39-40-41-42-43-44-46-48-50-52-54-56-58-60-65(68)70-63(61-66)62-69-64(67)59-57-55-53-51-49-47-45-18-16-14-12-10-8-6-4-2/h12,14-15,17-18,20-21,23-24,45,63,66H,3-11,13,16,19,22,25-44,46-62H2,1-2H3/b14-12-,17-15-,21-20-,24-23-,45-18-. The zero-order valence-corrected chi connectivity index (χ0v) is 46.8. The Balaban J connectivity index is 3.38. The van der Waals surface area contributed by atoms with Crippen molar-refractivity contribution in [3.63, 3.8) is 0 Å². The summed E-state index contributed by atoms with van der Waals surface area (Å²) in [6.45, 7) is 4.12. The highest BCUT2D eigenvalue weighted by atomic mass is 16.6. The van der Waals surface area contributed by atoms with E-state index in [0.29, 0.717) is 12.8 Å². The minimum Gasteiger partial charge on any atom is -0.462 e. The Hall–Kier alpha value is -2.40. The summed E-state index contributed by atoms with van der Waals surface area (Å²) in [6, 6.07) is 0. The molecule has 1 N–H and O–H groups in total. The third-order valence-corrected chi connectivity index (χ3v) is 13.8. The molecule has 1 atom stereocenters. The van der Waals surface area contributed by atoms with Crippen molar-refractivity contribution in [2.45, 2.75) is 328 Å². The molecule has 0 rings (SSSR count). The molecule has 70 heavy (non-hydrogen) atoms. The van der Waals surface area contributed by atoms with E-state index in [9.17, 15) is 14.7 Å². The first-order chi connectivity index (χ1) is 34.6. The maximum Gasteiger partial charge on any atom is 0.306 e. The van der Waals surface area contributed by atoms with Gasteiger partial charge in [0, 0.05) is 12.8 Å². The predicted molar refractivity (Wildman–Crippen MR) is 307 cm³/mol. The van der Waals surface area contributed by atoms with Crippen molar-refractivity contribution in [1.29, 1.82) is 0 Å². The van der Waals surface area contributed by atoms with Crippen LogP contribution in [0.15, 0.2) is 60.8 Å². The third-order valence-electron chi connectivity index (χ3n) is 13.8. The molecule has 0 aromatic heterocycles. The highest BCUT2D eigenvalue weighted by Crippen LogP contribution is 2.17. The van der Waals surface area contributed by atoms with Gasteiger partial charge in [0.2, 0.25) is 0 Å². The fraction of sp³-hybridized carbons (Fsp3) is 0.815. The first-order valence-corrected chi connectivity index (χ1v) is 30.8. The fourth-order valence-electron chi connectivity index (χ4n) is 9.13. The van der Waals surface area contributed by atoms with E-state index in [4.69, 9.17) is 9.47 Å². The minimum absolute atomic E-state index is 0.0706. The molecule has 408 valence electrons. The number of aliphatic hydroxyl groups excluding tert-OH is 1. The second-order valence-corrected chi connectivity index (χ2v) is 20.8. The number of allylic oxidation sites excluding steroid dienone is 10. The molecule has 0 amide bonds. The van der Waals surface area contributed by atoms with Gasteiger partial charge in [-0.25, -0.2) is 0 Å². The number of rotatable bonds is 57. The van der Waals surface area contributed by atoms with Crippen molar-refractivity contribution in [2.24, 2.45) is 0 Å². The molecule has 0 radical (unpaired) electrons. The number of carbonyl (C=O) groups is 2. The second kappa shape index (κ2) is 60.9. The molecule has 0 aliphatic carbocycles. The largest absolute Gasteiger partial charge is 0.462 e. The molecule has 0 heterocycles. The summed E-state index contributed by atoms with van der Waals surface area (Å²) in [5.74, 6) is -0.595. The molecule has 5 heteroatoms. The molecule has 0 saturated heterocycles. The van der Waals surface area contributed by atoms with Crippen LogP contribution in [0.5, 0.6) is 0 Å². The lowest BCUT2D eigenvalue weighted by atomic mass is 10.0. The van der Waals surface area contributed by atoms with Crippen molar-refractivity contribution in [2.75, 3.05) is 13.2 Å². The van der Waals surface area contributed by atoms with Gasteiger partial charge in [0.25, 0.3) is 0 Å². The van der Waals surface area contributed by atoms with Crippen LogP contribution in [0.2, 0.25) is 0 Å². The van der Waals surface area contributed by atoms with Gasteiger partial charge in [0.1, 0.15) is 6.61 Å². The van der Waals surface area contributed by atoms with Crippen LogP contribution < -0.4 is 0 Å². The van der Waals surface area contributed by atoms with Crippen molar-refractivity contribution in [3.8, 4) is 0 Å². The maximum atomic E-state index is 12.3. The highest BCUT2D eigenvalue weighted by molar-refractivity contribution is 5.70. The summed E-state index contributed by atoms with van der Waals surface area (Å²) in [4.78, 5) is 24.5. The zero-order valence-electron chi connectivity index (χ0n) is 46.8. The number of carbonyl (C=O) groups excluding carboxylic acids is 2. The van der Waals surface area contributed by atoms with Crippen LogP contribution in [0.25, 0.3) is 0 Å². The summed E-state index contributed by atoms with van der Waals surface area (Å²) in [5, 5.41) is 9.64.